The van der Waals surface area contributed by atoms with Gasteiger partial charge in [0, 0.05) is 23.7 Å². The van der Waals surface area contributed by atoms with Gasteiger partial charge in [-0.25, -0.2) is 18.7 Å². The first-order valence-corrected chi connectivity index (χ1v) is 9.93. The van der Waals surface area contributed by atoms with E-state index in [4.69, 9.17) is 9.63 Å². The first-order valence-electron chi connectivity index (χ1n) is 9.93. The van der Waals surface area contributed by atoms with Crippen LogP contribution in [0.1, 0.15) is 12.0 Å². The number of aliphatic carboxylic acids is 1. The number of benzene rings is 1. The highest BCUT2D eigenvalue weighted by atomic mass is 19.1. The van der Waals surface area contributed by atoms with E-state index in [1.54, 1.807) is 30.3 Å². The van der Waals surface area contributed by atoms with Crippen molar-refractivity contribution in [3.63, 3.8) is 0 Å². The van der Waals surface area contributed by atoms with Crippen molar-refractivity contribution in [2.75, 3.05) is 5.32 Å². The Morgan fingerprint density at radius 2 is 2.03 bits per heavy atom. The first kappa shape index (κ1) is 20.5. The fraction of sp³-hybridized carbons (Fsp3) is 0.136. The van der Waals surface area contributed by atoms with Crippen LogP contribution < -0.4 is 5.32 Å². The summed E-state index contributed by atoms with van der Waals surface area (Å²) in [5.74, 6) is -2.58. The maximum absolute atomic E-state index is 14.3. The van der Waals surface area contributed by atoms with Crippen molar-refractivity contribution < 1.29 is 23.2 Å². The molecule has 3 aromatic heterocycles. The molecule has 1 aromatic carbocycles. The van der Waals surface area contributed by atoms with Crippen LogP contribution in [0, 0.1) is 17.6 Å². The smallest absolute Gasteiger partial charge is 0.310 e. The lowest BCUT2D eigenvalue weighted by Crippen LogP contribution is -2.24. The summed E-state index contributed by atoms with van der Waals surface area (Å²) in [7, 11) is 0. The number of nitrogens with one attached hydrogen (secondary N) is 1. The molecule has 4 aromatic rings. The van der Waals surface area contributed by atoms with Crippen LogP contribution in [-0.4, -0.2) is 36.0 Å². The van der Waals surface area contributed by atoms with Crippen molar-refractivity contribution in [1.29, 1.82) is 0 Å². The summed E-state index contributed by atoms with van der Waals surface area (Å²) in [4.78, 5) is 19.2. The van der Waals surface area contributed by atoms with E-state index in [1.165, 1.54) is 23.1 Å². The molecule has 0 saturated carbocycles. The van der Waals surface area contributed by atoms with Crippen molar-refractivity contribution in [3.05, 3.63) is 77.8 Å². The Labute approximate surface area is 185 Å². The molecule has 0 bridgehead atoms. The number of halogens is 2. The molecule has 0 saturated heterocycles. The molecule has 1 atom stereocenters. The van der Waals surface area contributed by atoms with E-state index < -0.39 is 17.7 Å². The molecule has 2 N–H and O–H groups in total. The standard InChI is InChI=1S/C22H16F2N6O3/c23-15-4-2-1-3-12(15)11-30-19(17-5-6-33-29-17)9-18(28-30)21-25-10-16(24)20(27-21)26-14-7-13(8-14)22(31)32/h1-7,9-10,13H,8,11H2,(H,31,32)(H,25,26,27). The summed E-state index contributed by atoms with van der Waals surface area (Å²) in [6.45, 7) is 0.116. The number of carboxylic acid groups (broad SMARTS) is 1. The molecule has 33 heavy (non-hydrogen) atoms. The number of anilines is 1. The molecule has 9 nitrogen and oxygen atoms in total. The number of nitrogens with zero attached hydrogens (tertiary/aromatic N) is 5. The minimum Gasteiger partial charge on any atom is -0.481 e. The van der Waals surface area contributed by atoms with Crippen LogP contribution in [0.2, 0.25) is 0 Å². The number of hydrogen-bond acceptors (Lipinski definition) is 7. The lowest BCUT2D eigenvalue weighted by Gasteiger charge is -2.22. The predicted octanol–water partition coefficient (Wildman–Crippen LogP) is 3.72. The minimum atomic E-state index is -0.940. The highest BCUT2D eigenvalue weighted by Gasteiger charge is 2.27. The highest BCUT2D eigenvalue weighted by molar-refractivity contribution is 5.75. The fourth-order valence-corrected chi connectivity index (χ4v) is 3.41. The molecule has 1 unspecified atom stereocenters. The van der Waals surface area contributed by atoms with Crippen LogP contribution in [0.4, 0.5) is 14.6 Å². The van der Waals surface area contributed by atoms with Crippen molar-refractivity contribution in [2.45, 2.75) is 13.0 Å². The van der Waals surface area contributed by atoms with E-state index >= 15 is 0 Å². The van der Waals surface area contributed by atoms with Crippen LogP contribution in [0.3, 0.4) is 0 Å². The van der Waals surface area contributed by atoms with Gasteiger partial charge in [-0.1, -0.05) is 29.4 Å². The molecule has 0 aliphatic heterocycles. The van der Waals surface area contributed by atoms with Gasteiger partial charge in [-0.3, -0.25) is 9.48 Å². The van der Waals surface area contributed by atoms with Crippen molar-refractivity contribution in [3.8, 4) is 22.9 Å². The Bertz CT molecular complexity index is 1370. The quantitative estimate of drug-likeness (QED) is 0.437. The lowest BCUT2D eigenvalue weighted by atomic mass is 9.91. The van der Waals surface area contributed by atoms with Gasteiger partial charge >= 0.3 is 5.97 Å². The topological polar surface area (TPSA) is 119 Å². The van der Waals surface area contributed by atoms with Gasteiger partial charge in [0.1, 0.15) is 23.5 Å². The van der Waals surface area contributed by atoms with Gasteiger partial charge in [-0.2, -0.15) is 5.10 Å². The van der Waals surface area contributed by atoms with Crippen LogP contribution in [0.25, 0.3) is 22.9 Å². The van der Waals surface area contributed by atoms with E-state index in [2.05, 4.69) is 25.5 Å². The van der Waals surface area contributed by atoms with E-state index in [9.17, 15) is 13.6 Å². The molecule has 166 valence electrons. The average molecular weight is 450 g/mol. The normalized spacial score (nSPS) is 15.1. The molecule has 3 heterocycles. The monoisotopic (exact) mass is 450 g/mol. The van der Waals surface area contributed by atoms with E-state index in [0.29, 0.717) is 28.3 Å². The van der Waals surface area contributed by atoms with Crippen molar-refractivity contribution >= 4 is 11.8 Å². The Morgan fingerprint density at radius 3 is 2.76 bits per heavy atom. The molecule has 1 aliphatic rings. The molecular weight excluding hydrogens is 434 g/mol. The van der Waals surface area contributed by atoms with Gasteiger partial charge < -0.3 is 14.9 Å². The second kappa shape index (κ2) is 8.26. The lowest BCUT2D eigenvalue weighted by molar-refractivity contribution is -0.140. The maximum Gasteiger partial charge on any atom is 0.310 e. The molecule has 11 heteroatoms. The molecular formula is C22H16F2N6O3. The zero-order chi connectivity index (χ0) is 22.9. The maximum atomic E-state index is 14.3. The largest absolute Gasteiger partial charge is 0.481 e. The van der Waals surface area contributed by atoms with Gasteiger partial charge in [-0.15, -0.1) is 0 Å². The third-order valence-electron chi connectivity index (χ3n) is 5.17. The zero-order valence-electron chi connectivity index (χ0n) is 16.9. The SMILES string of the molecule is O=C(O)C1C=C(Nc2nc(-c3cc(-c4ccon4)n(Cc4ccccc4F)n3)ncc2F)C1. The minimum absolute atomic E-state index is 0.0956. The summed E-state index contributed by atoms with van der Waals surface area (Å²) >= 11 is 0. The number of aromatic nitrogens is 5. The van der Waals surface area contributed by atoms with E-state index in [-0.39, 0.29) is 30.4 Å². The second-order valence-corrected chi connectivity index (χ2v) is 7.40. The zero-order valence-corrected chi connectivity index (χ0v) is 16.9. The first-order chi connectivity index (χ1) is 16.0. The van der Waals surface area contributed by atoms with Gasteiger partial charge in [-0.05, 0) is 12.1 Å². The van der Waals surface area contributed by atoms with Crippen LogP contribution in [0.15, 0.2) is 65.2 Å². The third kappa shape index (κ3) is 4.07. The average Bonchev–Trinajstić information content (AvgIpc) is 3.43. The third-order valence-corrected chi connectivity index (χ3v) is 5.17. The van der Waals surface area contributed by atoms with Crippen LogP contribution >= 0.6 is 0 Å². The Kier molecular flexibility index (Phi) is 5.13. The van der Waals surface area contributed by atoms with Crippen LogP contribution in [0.5, 0.6) is 0 Å². The molecule has 0 fully saturated rings. The molecule has 0 radical (unpaired) electrons. The Balaban J connectivity index is 1.49. The molecule has 0 amide bonds. The van der Waals surface area contributed by atoms with Gasteiger partial charge in [0.25, 0.3) is 0 Å². The summed E-state index contributed by atoms with van der Waals surface area (Å²) in [5.41, 5.74) is 2.31. The van der Waals surface area contributed by atoms with Gasteiger partial charge in [0.15, 0.2) is 17.5 Å². The van der Waals surface area contributed by atoms with E-state index in [0.717, 1.165) is 6.20 Å². The summed E-state index contributed by atoms with van der Waals surface area (Å²) in [6, 6.07) is 9.63. The van der Waals surface area contributed by atoms with Crippen molar-refractivity contribution in [1.82, 2.24) is 24.9 Å². The second-order valence-electron chi connectivity index (χ2n) is 7.40. The highest BCUT2D eigenvalue weighted by Crippen LogP contribution is 2.29. The number of rotatable bonds is 7. The Morgan fingerprint density at radius 1 is 1.21 bits per heavy atom. The number of hydrogen-bond donors (Lipinski definition) is 2. The predicted molar refractivity (Wildman–Crippen MR) is 112 cm³/mol. The van der Waals surface area contributed by atoms with Crippen molar-refractivity contribution in [2.24, 2.45) is 5.92 Å². The molecule has 1 aliphatic carbocycles. The number of carboxylic acids is 1. The summed E-state index contributed by atoms with van der Waals surface area (Å²) < 4.78 is 35.0. The fourth-order valence-electron chi connectivity index (χ4n) is 3.41. The Hall–Kier alpha value is -4.41. The molecule has 0 spiro atoms. The summed E-state index contributed by atoms with van der Waals surface area (Å²) in [6.07, 6.45) is 4.16. The van der Waals surface area contributed by atoms with Gasteiger partial charge in [0.2, 0.25) is 0 Å². The summed E-state index contributed by atoms with van der Waals surface area (Å²) in [5, 5.41) is 20.2. The molecule has 5 rings (SSSR count). The van der Waals surface area contributed by atoms with Gasteiger partial charge in [0.05, 0.1) is 24.4 Å². The van der Waals surface area contributed by atoms with E-state index in [1.807, 2.05) is 0 Å². The van der Waals surface area contributed by atoms with Crippen LogP contribution in [-0.2, 0) is 11.3 Å². The number of allylic oxidation sites excluding steroid dienone is 1. The number of carbonyl (C=O) groups is 1.